The lowest BCUT2D eigenvalue weighted by Gasteiger charge is -2.27. The summed E-state index contributed by atoms with van der Waals surface area (Å²) in [5.74, 6) is 0.772. The maximum absolute atomic E-state index is 5.66. The highest BCUT2D eigenvalue weighted by atomic mass is 32.1. The summed E-state index contributed by atoms with van der Waals surface area (Å²) in [5, 5.41) is 3.39. The number of rotatable bonds is 5. The van der Waals surface area contributed by atoms with Crippen molar-refractivity contribution in [2.45, 2.75) is 39.2 Å². The van der Waals surface area contributed by atoms with Gasteiger partial charge in [-0.15, -0.1) is 0 Å². The molecule has 1 aromatic rings. The number of hydrogen-bond acceptors (Lipinski definition) is 3. The zero-order chi connectivity index (χ0) is 12.2. The summed E-state index contributed by atoms with van der Waals surface area (Å²) in [6, 6.07) is 3.73. The Morgan fingerprint density at radius 3 is 2.81 bits per heavy atom. The van der Waals surface area contributed by atoms with Crippen molar-refractivity contribution in [2.24, 2.45) is 5.73 Å². The lowest BCUT2D eigenvalue weighted by atomic mass is 9.98. The van der Waals surface area contributed by atoms with Crippen molar-refractivity contribution >= 4 is 23.0 Å². The minimum atomic E-state index is 0.00262. The summed E-state index contributed by atoms with van der Waals surface area (Å²) < 4.78 is 0. The fourth-order valence-electron chi connectivity index (χ4n) is 1.71. The average molecular weight is 237 g/mol. The van der Waals surface area contributed by atoms with E-state index in [9.17, 15) is 0 Å². The van der Waals surface area contributed by atoms with E-state index < -0.39 is 0 Å². The summed E-state index contributed by atoms with van der Waals surface area (Å²) in [5.41, 5.74) is 6.47. The highest BCUT2D eigenvalue weighted by Crippen LogP contribution is 2.20. The van der Waals surface area contributed by atoms with Crippen molar-refractivity contribution in [1.82, 2.24) is 4.98 Å². The third-order valence-electron chi connectivity index (χ3n) is 2.40. The normalized spacial score (nSPS) is 11.2. The molecule has 0 fully saturated rings. The molecule has 0 saturated heterocycles. The van der Waals surface area contributed by atoms with Gasteiger partial charge in [-0.25, -0.2) is 4.98 Å². The summed E-state index contributed by atoms with van der Waals surface area (Å²) in [7, 11) is 0. The van der Waals surface area contributed by atoms with Gasteiger partial charge in [-0.1, -0.05) is 25.6 Å². The summed E-state index contributed by atoms with van der Waals surface area (Å²) in [6.45, 7) is 6.46. The first-order chi connectivity index (χ1) is 7.46. The molecule has 0 bridgehead atoms. The Hall–Kier alpha value is -1.16. The molecule has 0 radical (unpaired) electrons. The second-order valence-electron chi connectivity index (χ2n) is 4.52. The van der Waals surface area contributed by atoms with E-state index in [2.05, 4.69) is 31.1 Å². The van der Waals surface area contributed by atoms with Crippen LogP contribution in [0.3, 0.4) is 0 Å². The van der Waals surface area contributed by atoms with Crippen LogP contribution in [-0.2, 0) is 0 Å². The Morgan fingerprint density at radius 1 is 1.56 bits per heavy atom. The van der Waals surface area contributed by atoms with Crippen molar-refractivity contribution < 1.29 is 0 Å². The summed E-state index contributed by atoms with van der Waals surface area (Å²) >= 11 is 5.00. The van der Waals surface area contributed by atoms with E-state index >= 15 is 0 Å². The Balaban J connectivity index is 2.92. The van der Waals surface area contributed by atoms with Crippen LogP contribution in [0.5, 0.6) is 0 Å². The third kappa shape index (κ3) is 3.45. The highest BCUT2D eigenvalue weighted by molar-refractivity contribution is 7.80. The zero-order valence-corrected chi connectivity index (χ0v) is 10.9. The van der Waals surface area contributed by atoms with Gasteiger partial charge in [0.25, 0.3) is 0 Å². The predicted molar refractivity (Wildman–Crippen MR) is 72.7 cm³/mol. The summed E-state index contributed by atoms with van der Waals surface area (Å²) in [4.78, 5) is 4.67. The van der Waals surface area contributed by atoms with Crippen LogP contribution in [0.25, 0.3) is 0 Å². The average Bonchev–Trinajstić information content (AvgIpc) is 2.17. The maximum Gasteiger partial charge on any atom is 0.136 e. The van der Waals surface area contributed by atoms with E-state index in [-0.39, 0.29) is 5.54 Å². The molecule has 0 unspecified atom stereocenters. The van der Waals surface area contributed by atoms with Gasteiger partial charge in [0.2, 0.25) is 0 Å². The molecule has 88 valence electrons. The minimum Gasteiger partial charge on any atom is -0.389 e. The first kappa shape index (κ1) is 12.9. The Kier molecular flexibility index (Phi) is 4.24. The maximum atomic E-state index is 5.66. The van der Waals surface area contributed by atoms with Crippen molar-refractivity contribution in [3.63, 3.8) is 0 Å². The van der Waals surface area contributed by atoms with Crippen LogP contribution in [0.4, 0.5) is 5.82 Å². The second kappa shape index (κ2) is 5.25. The minimum absolute atomic E-state index is 0.00262. The monoisotopic (exact) mass is 237 g/mol. The molecule has 0 aliphatic carbocycles. The predicted octanol–water partition coefficient (Wildman–Crippen LogP) is 2.71. The molecule has 0 aliphatic heterocycles. The molecule has 1 aromatic heterocycles. The lowest BCUT2D eigenvalue weighted by molar-refractivity contribution is 0.509. The Labute approximate surface area is 102 Å². The molecule has 16 heavy (non-hydrogen) atoms. The molecule has 1 heterocycles. The van der Waals surface area contributed by atoms with Crippen LogP contribution >= 0.6 is 12.2 Å². The molecule has 1 rings (SSSR count). The molecular weight excluding hydrogens is 218 g/mol. The fourth-order valence-corrected chi connectivity index (χ4v) is 1.88. The SMILES string of the molecule is CCCC(C)(C)Nc1ncccc1C(N)=S. The molecule has 0 atom stereocenters. The molecule has 0 aromatic carbocycles. The van der Waals surface area contributed by atoms with E-state index in [4.69, 9.17) is 18.0 Å². The zero-order valence-electron chi connectivity index (χ0n) is 10.1. The quantitative estimate of drug-likeness (QED) is 0.773. The van der Waals surface area contributed by atoms with Crippen molar-refractivity contribution in [2.75, 3.05) is 5.32 Å². The Bertz CT molecular complexity index is 374. The molecule has 0 spiro atoms. The van der Waals surface area contributed by atoms with E-state index in [1.54, 1.807) is 6.20 Å². The molecule has 4 heteroatoms. The largest absolute Gasteiger partial charge is 0.389 e. The molecule has 0 saturated carbocycles. The summed E-state index contributed by atoms with van der Waals surface area (Å²) in [6.07, 6.45) is 3.93. The van der Waals surface area contributed by atoms with Gasteiger partial charge >= 0.3 is 0 Å². The molecule has 0 aliphatic rings. The number of nitrogens with one attached hydrogen (secondary N) is 1. The van der Waals surface area contributed by atoms with Gasteiger partial charge in [0.15, 0.2) is 0 Å². The van der Waals surface area contributed by atoms with Gasteiger partial charge in [-0.05, 0) is 32.4 Å². The van der Waals surface area contributed by atoms with Crippen LogP contribution in [0.15, 0.2) is 18.3 Å². The number of nitrogens with zero attached hydrogens (tertiary/aromatic N) is 1. The number of anilines is 1. The van der Waals surface area contributed by atoms with E-state index in [1.165, 1.54) is 0 Å². The smallest absolute Gasteiger partial charge is 0.136 e. The van der Waals surface area contributed by atoms with Gasteiger partial charge in [0.05, 0.1) is 5.56 Å². The van der Waals surface area contributed by atoms with Gasteiger partial charge in [0.1, 0.15) is 10.8 Å². The van der Waals surface area contributed by atoms with Gasteiger partial charge in [0, 0.05) is 11.7 Å². The van der Waals surface area contributed by atoms with Gasteiger partial charge in [-0.3, -0.25) is 0 Å². The van der Waals surface area contributed by atoms with Gasteiger partial charge in [-0.2, -0.15) is 0 Å². The molecule has 3 N–H and O–H groups in total. The first-order valence-electron chi connectivity index (χ1n) is 5.49. The highest BCUT2D eigenvalue weighted by Gasteiger charge is 2.18. The van der Waals surface area contributed by atoms with E-state index in [0.29, 0.717) is 4.99 Å². The standard InChI is InChI=1S/C12H19N3S/c1-4-7-12(2,3)15-11-9(10(13)16)6-5-8-14-11/h5-6,8H,4,7H2,1-3H3,(H2,13,16)(H,14,15). The van der Waals surface area contributed by atoms with E-state index in [1.807, 2.05) is 12.1 Å². The van der Waals surface area contributed by atoms with Crippen LogP contribution in [0.2, 0.25) is 0 Å². The lowest BCUT2D eigenvalue weighted by Crippen LogP contribution is -2.32. The number of nitrogens with two attached hydrogens (primary N) is 1. The van der Waals surface area contributed by atoms with Crippen molar-refractivity contribution in [3.05, 3.63) is 23.9 Å². The fraction of sp³-hybridized carbons (Fsp3) is 0.500. The molecular formula is C12H19N3S. The van der Waals surface area contributed by atoms with Gasteiger partial charge < -0.3 is 11.1 Å². The van der Waals surface area contributed by atoms with Crippen molar-refractivity contribution in [3.8, 4) is 0 Å². The van der Waals surface area contributed by atoms with Crippen LogP contribution in [0.1, 0.15) is 39.2 Å². The van der Waals surface area contributed by atoms with Crippen LogP contribution < -0.4 is 11.1 Å². The number of aromatic nitrogens is 1. The number of thiocarbonyl (C=S) groups is 1. The third-order valence-corrected chi connectivity index (χ3v) is 2.62. The van der Waals surface area contributed by atoms with Crippen LogP contribution in [0, 0.1) is 0 Å². The molecule has 0 amide bonds. The molecule has 3 nitrogen and oxygen atoms in total. The van der Waals surface area contributed by atoms with Crippen molar-refractivity contribution in [1.29, 1.82) is 0 Å². The first-order valence-corrected chi connectivity index (χ1v) is 5.90. The number of hydrogen-bond donors (Lipinski definition) is 2. The van der Waals surface area contributed by atoms with E-state index in [0.717, 1.165) is 24.2 Å². The number of pyridine rings is 1. The van der Waals surface area contributed by atoms with Crippen LogP contribution in [-0.4, -0.2) is 15.5 Å². The Morgan fingerprint density at radius 2 is 2.25 bits per heavy atom. The second-order valence-corrected chi connectivity index (χ2v) is 4.96. The topological polar surface area (TPSA) is 50.9 Å².